The molecule has 0 aromatic heterocycles. The highest BCUT2D eigenvalue weighted by atomic mass is 31.2. The zero-order valence-electron chi connectivity index (χ0n) is 81.5. The molecule has 16 nitrogen and oxygen atoms in total. The molecule has 0 bridgehead atoms. The summed E-state index contributed by atoms with van der Waals surface area (Å²) in [7, 11) is -9.83. The van der Waals surface area contributed by atoms with Gasteiger partial charge in [0.1, 0.15) is 25.4 Å². The van der Waals surface area contributed by atoms with Gasteiger partial charge in [0.05, 0.1) is 26.4 Å². The van der Waals surface area contributed by atoms with Crippen LogP contribution in [0, 0.1) is 0 Å². The Kier molecular flexibility index (Phi) is 96.5. The predicted octanol–water partition coefficient (Wildman–Crippen LogP) is 32.7. The summed E-state index contributed by atoms with van der Waals surface area (Å²) in [4.78, 5) is 59.3. The summed E-state index contributed by atoms with van der Waals surface area (Å²) in [6.45, 7) is 2.40. The van der Waals surface area contributed by atoms with Gasteiger partial charge in [0.15, 0.2) is 6.10 Å². The molecule has 0 aliphatic carbocycles. The summed E-state index contributed by atoms with van der Waals surface area (Å²) in [5.41, 5.74) is 0. The van der Waals surface area contributed by atoms with E-state index in [1.807, 2.05) is 0 Å². The third-order valence-electron chi connectivity index (χ3n) is 21.5. The number of ether oxygens (including phenoxy) is 3. The van der Waals surface area contributed by atoms with Gasteiger partial charge in [-0.1, -0.05) is 439 Å². The molecule has 4 N–H and O–H groups in total. The molecule has 18 heteroatoms. The van der Waals surface area contributed by atoms with E-state index in [0.29, 0.717) is 19.3 Å². The molecule has 129 heavy (non-hydrogen) atoms. The van der Waals surface area contributed by atoms with Crippen molar-refractivity contribution in [1.29, 1.82) is 0 Å². The zero-order valence-corrected chi connectivity index (χ0v) is 83.3. The van der Waals surface area contributed by atoms with Gasteiger partial charge in [-0.25, -0.2) is 9.13 Å². The molecule has 0 fully saturated rings. The Bertz CT molecular complexity index is 3180. The van der Waals surface area contributed by atoms with E-state index < -0.39 is 91.5 Å². The molecule has 0 spiro atoms. The van der Waals surface area contributed by atoms with Gasteiger partial charge in [0, 0.05) is 19.3 Å². The van der Waals surface area contributed by atoms with Crippen molar-refractivity contribution < 1.29 is 75.8 Å². The van der Waals surface area contributed by atoms with Gasteiger partial charge in [-0.15, -0.1) is 0 Å². The molecule has 0 radical (unpaired) electrons. The largest absolute Gasteiger partial charge is 0.472 e. The summed E-state index contributed by atoms with van der Waals surface area (Å²) in [5.74, 6) is -1.57. The number of allylic oxidation sites excluding steroid dienone is 34. The highest BCUT2D eigenvalue weighted by molar-refractivity contribution is 7.47. The third kappa shape index (κ3) is 102. The lowest BCUT2D eigenvalue weighted by molar-refractivity contribution is -0.161. The molecule has 0 aliphatic rings. The average Bonchev–Trinajstić information content (AvgIpc) is 0.895. The van der Waals surface area contributed by atoms with Crippen molar-refractivity contribution in [2.75, 3.05) is 39.6 Å². The van der Waals surface area contributed by atoms with Crippen LogP contribution >= 0.6 is 15.6 Å². The second kappa shape index (κ2) is 101. The van der Waals surface area contributed by atoms with Gasteiger partial charge in [-0.05, 0) is 167 Å². The zero-order chi connectivity index (χ0) is 93.5. The van der Waals surface area contributed by atoms with Crippen LogP contribution in [0.2, 0.25) is 0 Å². The second-order valence-electron chi connectivity index (χ2n) is 33.8. The van der Waals surface area contributed by atoms with Crippen LogP contribution in [0.1, 0.15) is 419 Å². The number of aliphatic hydroxyl groups excluding tert-OH is 2. The fraction of sp³-hybridized carbons (Fsp3) is 0.667. The molecule has 0 saturated carbocycles. The van der Waals surface area contributed by atoms with Crippen LogP contribution in [0.5, 0.6) is 0 Å². The van der Waals surface area contributed by atoms with Crippen LogP contribution < -0.4 is 0 Å². The summed E-state index contributed by atoms with van der Waals surface area (Å²) >= 11 is 0. The number of hydrogen-bond acceptors (Lipinski definition) is 14. The Hall–Kier alpha value is -5.87. The molecule has 0 heterocycles. The number of rotatable bonds is 96. The standard InChI is InChI=1S/C111H186O16P2/c1-4-7-10-13-16-19-22-25-28-31-34-37-40-43-46-49-52-55-58-61-64-67-70-73-76-79-82-85-88-91-94-97-109(114)121-100-106(112)101-123-128(117,118)124-102-107(113)103-125-129(119,120)126-105-108(127-111(116)99-96-93-90-87-84-81-78-75-72-69-66-63-60-57-54-51-48-45-42-39-36-33-30-27-24-21-18-15-12-9-6-3)104-122-110(115)98-95-92-89-86-83-80-77-74-71-68-65-62-59-56-53-50-47-44-41-38-35-32-29-26-23-20-17-14-11-8-5-2/h7-12,16-21,25-30,34-39,43-48,52-53,55-56,106-108,112-113H,4-6,13-15,22-24,31-33,40-42,49-51,54,57-105H2,1-3H3,(H,117,118)(H,119,120)/b10-7-,11-8-,12-9-,19-16-,20-17-,21-18-,28-25-,29-26-,30-27-,37-34-,38-35-,39-36-,46-43-,47-44-,48-45-,55-52-,56-53-. The van der Waals surface area contributed by atoms with E-state index in [-0.39, 0.29) is 19.3 Å². The number of hydrogen-bond donors (Lipinski definition) is 4. The first-order chi connectivity index (χ1) is 63.2. The first kappa shape index (κ1) is 123. The van der Waals surface area contributed by atoms with E-state index >= 15 is 0 Å². The number of esters is 3. The van der Waals surface area contributed by atoms with E-state index in [9.17, 15) is 43.5 Å². The van der Waals surface area contributed by atoms with Crippen molar-refractivity contribution in [3.8, 4) is 0 Å². The van der Waals surface area contributed by atoms with Gasteiger partial charge >= 0.3 is 33.6 Å². The summed E-state index contributed by atoms with van der Waals surface area (Å²) in [6.07, 6.45) is 137. The molecular formula is C111H186O16P2. The summed E-state index contributed by atoms with van der Waals surface area (Å²) in [6, 6.07) is 0. The van der Waals surface area contributed by atoms with Crippen LogP contribution in [-0.2, 0) is 55.8 Å². The Morgan fingerprint density at radius 1 is 0.217 bits per heavy atom. The van der Waals surface area contributed by atoms with Gasteiger partial charge in [-0.2, -0.15) is 0 Å². The van der Waals surface area contributed by atoms with E-state index in [2.05, 4.69) is 227 Å². The number of aliphatic hydroxyl groups is 2. The molecule has 5 unspecified atom stereocenters. The van der Waals surface area contributed by atoms with E-state index in [4.69, 9.17) is 32.3 Å². The lowest BCUT2D eigenvalue weighted by Gasteiger charge is -2.21. The van der Waals surface area contributed by atoms with Crippen LogP contribution in [0.15, 0.2) is 207 Å². The number of unbranched alkanes of at least 4 members (excludes halogenated alkanes) is 39. The van der Waals surface area contributed by atoms with Crippen molar-refractivity contribution in [3.05, 3.63) is 207 Å². The average molecular weight is 1840 g/mol. The van der Waals surface area contributed by atoms with Crippen molar-refractivity contribution in [2.45, 2.75) is 437 Å². The predicted molar refractivity (Wildman–Crippen MR) is 546 cm³/mol. The highest BCUT2D eigenvalue weighted by Gasteiger charge is 2.30. The first-order valence-electron chi connectivity index (χ1n) is 51.4. The van der Waals surface area contributed by atoms with Gasteiger partial charge in [0.25, 0.3) is 0 Å². The molecule has 5 atom stereocenters. The minimum atomic E-state index is -4.95. The smallest absolute Gasteiger partial charge is 0.463 e. The molecular weight excluding hydrogens is 1650 g/mol. The quantitative estimate of drug-likeness (QED) is 0.0146. The van der Waals surface area contributed by atoms with E-state index in [1.165, 1.54) is 161 Å². The topological polar surface area (TPSA) is 231 Å². The highest BCUT2D eigenvalue weighted by Crippen LogP contribution is 2.45. The monoisotopic (exact) mass is 1840 g/mol. The van der Waals surface area contributed by atoms with Gasteiger partial charge < -0.3 is 34.2 Å². The SMILES string of the molecule is CC/C=C\C/C=C\C/C=C\C/C=C\C/C=C\C/C=C\CCCCCCCCCCCCCCC(=O)OCC(O)COP(=O)(O)OCC(O)COP(=O)(O)OCC(COC(=O)CCCCCCCCCCCCCC/C=C\C/C=C\C/C=C\C/C=C\C/C=C\C/C=C\CC)OC(=O)CCCCCCCCCCCCCCCCC/C=C\C/C=C\C/C=C\C/C=C\C/C=C\CC. The number of carbonyl (C=O) groups excluding carboxylic acids is 3. The maximum atomic E-state index is 13.1. The minimum Gasteiger partial charge on any atom is -0.463 e. The number of phosphoric ester groups is 2. The van der Waals surface area contributed by atoms with Crippen molar-refractivity contribution in [1.82, 2.24) is 0 Å². The summed E-state index contributed by atoms with van der Waals surface area (Å²) in [5, 5.41) is 20.8. The normalized spacial score (nSPS) is 14.5. The Morgan fingerprint density at radius 3 is 0.612 bits per heavy atom. The fourth-order valence-corrected chi connectivity index (χ4v) is 15.4. The van der Waals surface area contributed by atoms with Crippen LogP contribution in [0.3, 0.4) is 0 Å². The maximum Gasteiger partial charge on any atom is 0.472 e. The van der Waals surface area contributed by atoms with Crippen LogP contribution in [-0.4, -0.2) is 95.9 Å². The lowest BCUT2D eigenvalue weighted by Crippen LogP contribution is -2.30. The molecule has 0 aromatic rings. The molecule has 0 aliphatic heterocycles. The summed E-state index contributed by atoms with van der Waals surface area (Å²) < 4.78 is 61.7. The van der Waals surface area contributed by atoms with E-state index in [0.717, 1.165) is 199 Å². The molecule has 0 rings (SSSR count). The van der Waals surface area contributed by atoms with Crippen LogP contribution in [0.4, 0.5) is 0 Å². The lowest BCUT2D eigenvalue weighted by atomic mass is 10.0. The first-order valence-corrected chi connectivity index (χ1v) is 54.4. The molecule has 0 amide bonds. The number of carbonyl (C=O) groups is 3. The van der Waals surface area contributed by atoms with Gasteiger partial charge in [-0.3, -0.25) is 32.5 Å². The third-order valence-corrected chi connectivity index (χ3v) is 23.4. The Labute approximate surface area is 788 Å². The second-order valence-corrected chi connectivity index (χ2v) is 36.8. The number of phosphoric acid groups is 2. The van der Waals surface area contributed by atoms with E-state index in [1.54, 1.807) is 0 Å². The molecule has 0 saturated heterocycles. The van der Waals surface area contributed by atoms with Crippen molar-refractivity contribution >= 4 is 33.6 Å². The van der Waals surface area contributed by atoms with Gasteiger partial charge in [0.2, 0.25) is 0 Å². The minimum absolute atomic E-state index is 0.0988. The Morgan fingerprint density at radius 2 is 0.388 bits per heavy atom. The van der Waals surface area contributed by atoms with Crippen molar-refractivity contribution in [3.63, 3.8) is 0 Å². The molecule has 0 aromatic carbocycles. The maximum absolute atomic E-state index is 13.1. The Balaban J connectivity index is 4.66. The van der Waals surface area contributed by atoms with Crippen LogP contribution in [0.25, 0.3) is 0 Å². The fourth-order valence-electron chi connectivity index (χ4n) is 13.8. The molecule has 736 valence electrons. The van der Waals surface area contributed by atoms with Crippen molar-refractivity contribution in [2.24, 2.45) is 0 Å².